The topological polar surface area (TPSA) is 0 Å². The molecule has 82 valence electrons. The summed E-state index contributed by atoms with van der Waals surface area (Å²) in [7, 11) is 0. The van der Waals surface area contributed by atoms with Gasteiger partial charge in [0, 0.05) is 0 Å². The fraction of sp³-hybridized carbons (Fsp3) is 0.467. The van der Waals surface area contributed by atoms with Crippen LogP contribution in [0.25, 0.3) is 6.08 Å². The van der Waals surface area contributed by atoms with Gasteiger partial charge < -0.3 is 0 Å². The molecule has 0 saturated heterocycles. The Morgan fingerprint density at radius 3 is 2.20 bits per heavy atom. The molecule has 0 bridgehead atoms. The summed E-state index contributed by atoms with van der Waals surface area (Å²) in [6.45, 7) is 10.6. The maximum Gasteiger partial charge on any atom is -0.0227 e. The van der Waals surface area contributed by atoms with Crippen molar-refractivity contribution in [3.8, 4) is 0 Å². The Labute approximate surface area is 94.0 Å². The van der Waals surface area contributed by atoms with Gasteiger partial charge in [-0.3, -0.25) is 0 Å². The number of rotatable bonds is 5. The maximum absolute atomic E-state index is 3.90. The van der Waals surface area contributed by atoms with Crippen LogP contribution in [0.15, 0.2) is 18.7 Å². The summed E-state index contributed by atoms with van der Waals surface area (Å²) in [4.78, 5) is 0. The lowest BCUT2D eigenvalue weighted by atomic mass is 9.91. The smallest absolute Gasteiger partial charge is 0.0227 e. The molecule has 1 aromatic carbocycles. The van der Waals surface area contributed by atoms with Gasteiger partial charge in [-0.2, -0.15) is 0 Å². The summed E-state index contributed by atoms with van der Waals surface area (Å²) in [5.41, 5.74) is 5.84. The monoisotopic (exact) mass is 202 g/mol. The molecule has 15 heavy (non-hydrogen) atoms. The van der Waals surface area contributed by atoms with E-state index in [1.54, 1.807) is 5.56 Å². The highest BCUT2D eigenvalue weighted by atomic mass is 14.1. The average Bonchev–Trinajstić information content (AvgIpc) is 2.24. The van der Waals surface area contributed by atoms with Crippen molar-refractivity contribution in [1.29, 1.82) is 0 Å². The fourth-order valence-corrected chi connectivity index (χ4v) is 2.16. The summed E-state index contributed by atoms with van der Waals surface area (Å²) in [6.07, 6.45) is 6.80. The summed E-state index contributed by atoms with van der Waals surface area (Å²) >= 11 is 0. The SMILES string of the molecule is C=Cc1ccc(C)c(CCC)c1CCC. The Balaban J connectivity index is 3.22. The lowest BCUT2D eigenvalue weighted by Gasteiger charge is -2.14. The molecule has 0 heterocycles. The first-order valence-electron chi connectivity index (χ1n) is 5.98. The third kappa shape index (κ3) is 2.71. The quantitative estimate of drug-likeness (QED) is 0.657. The average molecular weight is 202 g/mol. The lowest BCUT2D eigenvalue weighted by molar-refractivity contribution is 0.852. The minimum absolute atomic E-state index is 1.18. The third-order valence-electron chi connectivity index (χ3n) is 2.92. The molecule has 0 N–H and O–H groups in total. The predicted molar refractivity (Wildman–Crippen MR) is 69.3 cm³/mol. The largest absolute Gasteiger partial charge is 0.0985 e. The van der Waals surface area contributed by atoms with Crippen LogP contribution in [0.1, 0.15) is 48.9 Å². The van der Waals surface area contributed by atoms with Gasteiger partial charge >= 0.3 is 0 Å². The third-order valence-corrected chi connectivity index (χ3v) is 2.92. The van der Waals surface area contributed by atoms with Gasteiger partial charge in [-0.25, -0.2) is 0 Å². The van der Waals surface area contributed by atoms with Gasteiger partial charge in [-0.05, 0) is 42.0 Å². The highest BCUT2D eigenvalue weighted by molar-refractivity contribution is 5.56. The van der Waals surface area contributed by atoms with Crippen molar-refractivity contribution in [3.05, 3.63) is 41.0 Å². The van der Waals surface area contributed by atoms with E-state index in [2.05, 4.69) is 39.5 Å². The van der Waals surface area contributed by atoms with Crippen molar-refractivity contribution in [2.24, 2.45) is 0 Å². The van der Waals surface area contributed by atoms with Crippen molar-refractivity contribution >= 4 is 6.08 Å². The summed E-state index contributed by atoms with van der Waals surface area (Å²) < 4.78 is 0. The van der Waals surface area contributed by atoms with Crippen LogP contribution in [0.5, 0.6) is 0 Å². The lowest BCUT2D eigenvalue weighted by Crippen LogP contribution is -2.00. The fourth-order valence-electron chi connectivity index (χ4n) is 2.16. The van der Waals surface area contributed by atoms with E-state index in [0.29, 0.717) is 0 Å². The number of hydrogen-bond donors (Lipinski definition) is 0. The van der Waals surface area contributed by atoms with Gasteiger partial charge in [0.05, 0.1) is 0 Å². The van der Waals surface area contributed by atoms with Gasteiger partial charge in [0.2, 0.25) is 0 Å². The zero-order valence-electron chi connectivity index (χ0n) is 10.3. The van der Waals surface area contributed by atoms with Crippen LogP contribution in [-0.4, -0.2) is 0 Å². The molecule has 0 aliphatic heterocycles. The van der Waals surface area contributed by atoms with Crippen LogP contribution in [0.2, 0.25) is 0 Å². The molecule has 0 heteroatoms. The van der Waals surface area contributed by atoms with Gasteiger partial charge in [0.15, 0.2) is 0 Å². The van der Waals surface area contributed by atoms with E-state index < -0.39 is 0 Å². The molecular formula is C15H22. The van der Waals surface area contributed by atoms with Crippen molar-refractivity contribution in [3.63, 3.8) is 0 Å². The molecule has 0 aliphatic rings. The second-order valence-corrected chi connectivity index (χ2v) is 4.13. The first-order valence-corrected chi connectivity index (χ1v) is 5.98. The highest BCUT2D eigenvalue weighted by Crippen LogP contribution is 2.23. The molecule has 0 fully saturated rings. The summed E-state index contributed by atoms with van der Waals surface area (Å²) in [6, 6.07) is 4.42. The molecule has 1 aromatic rings. The Morgan fingerprint density at radius 2 is 1.67 bits per heavy atom. The van der Waals surface area contributed by atoms with Crippen molar-refractivity contribution < 1.29 is 0 Å². The van der Waals surface area contributed by atoms with E-state index >= 15 is 0 Å². The van der Waals surface area contributed by atoms with Crippen LogP contribution in [0.4, 0.5) is 0 Å². The van der Waals surface area contributed by atoms with Crippen LogP contribution < -0.4 is 0 Å². The number of aryl methyl sites for hydroxylation is 1. The summed E-state index contributed by atoms with van der Waals surface area (Å²) in [5.74, 6) is 0. The molecule has 0 spiro atoms. The van der Waals surface area contributed by atoms with E-state index in [1.165, 1.54) is 42.4 Å². The molecule has 0 atom stereocenters. The molecule has 0 aliphatic carbocycles. The second-order valence-electron chi connectivity index (χ2n) is 4.13. The minimum atomic E-state index is 1.18. The molecule has 0 saturated carbocycles. The Morgan fingerprint density at radius 1 is 1.07 bits per heavy atom. The Kier molecular flexibility index (Phi) is 4.61. The molecule has 1 rings (SSSR count). The normalized spacial score (nSPS) is 10.3. The van der Waals surface area contributed by atoms with Crippen LogP contribution in [0, 0.1) is 6.92 Å². The molecular weight excluding hydrogens is 180 g/mol. The van der Waals surface area contributed by atoms with E-state index in [-0.39, 0.29) is 0 Å². The van der Waals surface area contributed by atoms with Crippen molar-refractivity contribution in [2.45, 2.75) is 46.5 Å². The van der Waals surface area contributed by atoms with Crippen molar-refractivity contribution in [2.75, 3.05) is 0 Å². The second kappa shape index (κ2) is 5.75. The minimum Gasteiger partial charge on any atom is -0.0985 e. The predicted octanol–water partition coefficient (Wildman–Crippen LogP) is 4.54. The maximum atomic E-state index is 3.90. The Hall–Kier alpha value is -1.04. The van der Waals surface area contributed by atoms with Gasteiger partial charge in [0.1, 0.15) is 0 Å². The number of hydrogen-bond acceptors (Lipinski definition) is 0. The van der Waals surface area contributed by atoms with E-state index in [0.717, 1.165) is 0 Å². The van der Waals surface area contributed by atoms with Gasteiger partial charge in [0.25, 0.3) is 0 Å². The Bertz CT molecular complexity index is 334. The highest BCUT2D eigenvalue weighted by Gasteiger charge is 2.07. The van der Waals surface area contributed by atoms with Gasteiger partial charge in [-0.1, -0.05) is 51.5 Å². The molecule has 0 nitrogen and oxygen atoms in total. The van der Waals surface area contributed by atoms with Crippen LogP contribution in [-0.2, 0) is 12.8 Å². The zero-order chi connectivity index (χ0) is 11.3. The number of benzene rings is 1. The first-order chi connectivity index (χ1) is 7.24. The molecule has 0 amide bonds. The summed E-state index contributed by atoms with van der Waals surface area (Å²) in [5, 5.41) is 0. The van der Waals surface area contributed by atoms with Gasteiger partial charge in [-0.15, -0.1) is 0 Å². The standard InChI is InChI=1S/C15H22/c1-5-8-14-12(4)10-11-13(7-3)15(14)9-6-2/h7,10-11H,3,5-6,8-9H2,1-2,4H3. The molecule has 0 radical (unpaired) electrons. The van der Waals surface area contributed by atoms with E-state index in [4.69, 9.17) is 0 Å². The molecule has 0 aromatic heterocycles. The van der Waals surface area contributed by atoms with E-state index in [1.807, 2.05) is 6.08 Å². The first kappa shape index (κ1) is 12.0. The van der Waals surface area contributed by atoms with Crippen LogP contribution in [0.3, 0.4) is 0 Å². The van der Waals surface area contributed by atoms with Crippen LogP contribution >= 0.6 is 0 Å². The van der Waals surface area contributed by atoms with E-state index in [9.17, 15) is 0 Å². The zero-order valence-corrected chi connectivity index (χ0v) is 10.3. The molecule has 0 unspecified atom stereocenters. The van der Waals surface area contributed by atoms with Crippen molar-refractivity contribution in [1.82, 2.24) is 0 Å².